The summed E-state index contributed by atoms with van der Waals surface area (Å²) in [6.45, 7) is 10.8. The van der Waals surface area contributed by atoms with E-state index in [1.165, 1.54) is 49.7 Å². The number of β-lactam (4-membered cyclic amide) rings is 1. The van der Waals surface area contributed by atoms with Gasteiger partial charge in [0.15, 0.2) is 29.9 Å². The van der Waals surface area contributed by atoms with E-state index >= 15 is 14.4 Å². The number of phenolic OH excluding ortho intramolecular Hbond substituents is 3. The molecule has 7 aromatic rings. The summed E-state index contributed by atoms with van der Waals surface area (Å²) in [5.41, 5.74) is 9.03. The molecule has 1 unspecified atom stereocenters. The first kappa shape index (κ1) is 95.9. The number of primary amides is 1. The molecule has 6 aromatic carbocycles. The predicted molar refractivity (Wildman–Crippen MR) is 456 cm³/mol. The van der Waals surface area contributed by atoms with Crippen LogP contribution >= 0.6 is 46.6 Å². The average molecular weight is 1890 g/mol. The highest BCUT2D eigenvalue weighted by Crippen LogP contribution is 2.53. The molecular formula is C85H93Cl3N12O29S. The Morgan fingerprint density at radius 3 is 1.91 bits per heavy atom. The summed E-state index contributed by atoms with van der Waals surface area (Å²) in [5.74, 6) is -17.7. The zero-order chi connectivity index (χ0) is 94.6. The van der Waals surface area contributed by atoms with Crippen LogP contribution in [0.4, 0.5) is 0 Å². The number of rotatable bonds is 17. The van der Waals surface area contributed by atoms with E-state index in [2.05, 4.69) is 47.7 Å². The minimum Gasteiger partial charge on any atom is -0.508 e. The Labute approximate surface area is 758 Å². The number of nitrogens with zero attached hydrogens (tertiary/aromatic N) is 2. The van der Waals surface area contributed by atoms with Gasteiger partial charge in [0.25, 0.3) is 5.91 Å². The summed E-state index contributed by atoms with van der Waals surface area (Å²) < 4.78 is 42.8. The number of benzene rings is 6. The number of aliphatic carboxylic acids is 2. The minimum absolute atomic E-state index is 0.0975. The van der Waals surface area contributed by atoms with E-state index in [9.17, 15) is 94.5 Å². The van der Waals surface area contributed by atoms with Crippen molar-refractivity contribution in [1.82, 2.24) is 52.6 Å². The third-order valence-electron chi connectivity index (χ3n) is 23.0. The number of carbonyl (C=O) groups is 11. The predicted octanol–water partition coefficient (Wildman–Crippen LogP) is 2.65. The molecule has 130 heavy (non-hydrogen) atoms. The lowest BCUT2D eigenvalue weighted by Gasteiger charge is -2.47. The molecule has 0 spiro atoms. The minimum atomic E-state index is -2.35. The van der Waals surface area contributed by atoms with Gasteiger partial charge in [-0.25, -0.2) is 9.59 Å². The van der Waals surface area contributed by atoms with Gasteiger partial charge < -0.3 is 148 Å². The quantitative estimate of drug-likeness (QED) is 0.0583. The fraction of sp³-hybridized carbons (Fsp3) is 0.412. The molecule has 23 N–H and O–H groups in total. The number of hydrogen-bond acceptors (Lipinski definition) is 31. The van der Waals surface area contributed by atoms with Crippen LogP contribution in [0.5, 0.6) is 46.0 Å². The number of aromatic hydroxyl groups is 3. The standard InChI is InChI=1S/C66H75Cl2N9O24.C19H18ClN3O5S/c1-23(2)12-34(71-5)58(88)76-49-51(83)26-7-10-38(32(67)14-26)97-40-16-28-17-41(55(40)101-65-56(54(86)53(85)42(22-78)99-65)100-44-21-66(4,70)57(87)24(3)96-44)98-39-11-8-27(15-33(39)68)52(84)50-63(93)75-48(64(94)95)31-18-29(79)19-37(81)45(31)30-13-25(6-9-36(30)80)46(60(90)77-50)74-61(91)47(28)73-59(89)35(20-43(69)82)72-62(49)92;1-8-11(12(22-28-8)9-6-4-5-7-10(9)20)15(24)21-13-16(25)23-14(18(26)27)19(2,3)29-17(13)23/h6-11,13-19,23-24,34-35,42,44,46-54,56-57,65,71,78-81,83-87H,12,20-22,70H2,1-5H3,(H2,69,82)(H,72,92)(H,73,89)(H,74,91)(H,75,93)(H,76,88)(H,77,90)(H,94,95);4-7,13-14,17H,1-3H3,(H,21,24)(H,26,27)/t24-,34+,35-,42+,44-,46+,47+,48+,49+,50-,51+,52+,53+,54-,56+,57?,65-,66-;13-,14+,17-/m01/s1. The number of likely N-dealkylation sites (N-methyl/N-ethyl adjacent to an activating group) is 1. The molecule has 0 aliphatic carbocycles. The number of aromatic nitrogens is 1. The largest absolute Gasteiger partial charge is 0.508 e. The van der Waals surface area contributed by atoms with Gasteiger partial charge in [0.2, 0.25) is 59.3 Å². The molecule has 4 fully saturated rings. The van der Waals surface area contributed by atoms with Gasteiger partial charge in [-0.2, -0.15) is 0 Å². The lowest BCUT2D eigenvalue weighted by Crippen LogP contribution is -2.70. The van der Waals surface area contributed by atoms with E-state index in [0.717, 1.165) is 66.7 Å². The molecule has 0 radical (unpaired) electrons. The number of amides is 9. The molecule has 1 aromatic heterocycles. The SMILES string of the molecule is CN[C@H](CC(C)C)C(=O)N[C@H]1C(=O)N[C@@H](CC(N)=O)C(=O)N[C@H]2C(=O)N[C@H]3C(=O)N[C@H](C(=O)N[C@@H](C(=O)O)c4cc(O)cc(O)c4-c4cc3ccc4O)[C@H](O)c3ccc(c(Cl)c3)Oc3cc2cc(c3O[C@@H]2O[C@H](CO)[C@@H](O)[C@H](O)[C@H]2O[C@H]2C[C@](C)(N)C(O)[C@H](C)O2)Oc2ccc(cc2Cl)[C@H]1O.Cc1onc(-c2ccccc2Cl)c1C(=O)N[C@@H]1C(=O)N2[C@@H]1SC(C)(C)[C@@H]2C(=O)O. The lowest BCUT2D eigenvalue weighted by atomic mass is 9.86. The number of ether oxygens (including phenoxy) is 6. The Hall–Kier alpha value is -11.7. The number of aliphatic hydroxyl groups is 6. The van der Waals surface area contributed by atoms with Crippen LogP contribution in [0.1, 0.15) is 135 Å². The van der Waals surface area contributed by atoms with Crippen LogP contribution in [0.2, 0.25) is 15.1 Å². The van der Waals surface area contributed by atoms with Crippen LogP contribution < -0.4 is 68.2 Å². The van der Waals surface area contributed by atoms with Gasteiger partial charge in [-0.1, -0.05) is 90.2 Å². The number of carbonyl (C=O) groups excluding carboxylic acids is 9. The van der Waals surface area contributed by atoms with E-state index in [-0.39, 0.29) is 57.5 Å². The molecule has 45 heteroatoms. The molecule has 4 saturated heterocycles. The number of hydrogen-bond donors (Lipinski definition) is 21. The first-order valence-corrected chi connectivity index (χ1v) is 42.5. The van der Waals surface area contributed by atoms with Crippen molar-refractivity contribution in [3.05, 3.63) is 157 Å². The molecule has 11 bridgehead atoms. The molecule has 9 aliphatic rings. The number of aryl methyl sites for hydroxylation is 1. The molecule has 9 amide bonds. The molecule has 21 atom stereocenters. The van der Waals surface area contributed by atoms with Crippen molar-refractivity contribution in [1.29, 1.82) is 0 Å². The third kappa shape index (κ3) is 19.5. The van der Waals surface area contributed by atoms with E-state index in [4.69, 9.17) is 79.2 Å². The first-order chi connectivity index (χ1) is 61.3. The molecular weight excluding hydrogens is 1790 g/mol. The molecule has 16 rings (SSSR count). The zero-order valence-corrected chi connectivity index (χ0v) is 73.2. The third-order valence-corrected chi connectivity index (χ3v) is 25.4. The maximum atomic E-state index is 16.0. The average Bonchev–Trinajstić information content (AvgIpc) is 1.55. The van der Waals surface area contributed by atoms with Gasteiger partial charge in [-0.3, -0.25) is 43.2 Å². The zero-order valence-electron chi connectivity index (χ0n) is 70.1. The lowest BCUT2D eigenvalue weighted by molar-refractivity contribution is -0.333. The maximum absolute atomic E-state index is 16.0. The number of phenols is 3. The number of nitrogens with two attached hydrogens (primary N) is 2. The van der Waals surface area contributed by atoms with E-state index in [1.807, 2.05) is 13.8 Å². The topological polar surface area (TPSA) is 643 Å². The van der Waals surface area contributed by atoms with Crippen LogP contribution in [0.15, 0.2) is 108 Å². The second-order valence-electron chi connectivity index (χ2n) is 33.2. The summed E-state index contributed by atoms with van der Waals surface area (Å²) in [4.78, 5) is 155. The molecule has 10 heterocycles. The second kappa shape index (κ2) is 38.4. The van der Waals surface area contributed by atoms with Crippen LogP contribution in [0.3, 0.4) is 0 Å². The smallest absolute Gasteiger partial charge is 0.330 e. The Morgan fingerprint density at radius 2 is 1.31 bits per heavy atom. The number of aliphatic hydroxyl groups excluding tert-OH is 6. The van der Waals surface area contributed by atoms with Crippen molar-refractivity contribution >= 4 is 112 Å². The molecule has 41 nitrogen and oxygen atoms in total. The van der Waals surface area contributed by atoms with E-state index in [0.29, 0.717) is 16.3 Å². The highest BCUT2D eigenvalue weighted by molar-refractivity contribution is 8.01. The molecule has 9 aliphatic heterocycles. The number of nitrogens with one attached hydrogen (secondary N) is 8. The molecule has 694 valence electrons. The second-order valence-corrected chi connectivity index (χ2v) is 36.2. The number of carboxylic acid groups (broad SMARTS) is 2. The van der Waals surface area contributed by atoms with Gasteiger partial charge in [0, 0.05) is 45.0 Å². The highest BCUT2D eigenvalue weighted by Gasteiger charge is 2.64. The van der Waals surface area contributed by atoms with Crippen LogP contribution in [0.25, 0.3) is 22.4 Å². The summed E-state index contributed by atoms with van der Waals surface area (Å²) in [6, 6.07) is 4.50. The number of thioether (sulfide) groups is 1. The number of halogens is 3. The summed E-state index contributed by atoms with van der Waals surface area (Å²) >= 11 is 21.7. The van der Waals surface area contributed by atoms with Gasteiger partial charge in [0.05, 0.1) is 46.3 Å². The first-order valence-electron chi connectivity index (χ1n) is 40.5. The van der Waals surface area contributed by atoms with Gasteiger partial charge in [-0.05, 0) is 137 Å². The van der Waals surface area contributed by atoms with Crippen molar-refractivity contribution < 1.29 is 142 Å². The van der Waals surface area contributed by atoms with Crippen molar-refractivity contribution in [2.75, 3.05) is 13.7 Å². The van der Waals surface area contributed by atoms with Gasteiger partial charge in [0.1, 0.15) is 124 Å². The maximum Gasteiger partial charge on any atom is 0.330 e. The number of fused-ring (bicyclic) bond motifs is 16. The van der Waals surface area contributed by atoms with Gasteiger partial charge >= 0.3 is 11.9 Å². The monoisotopic (exact) mass is 1880 g/mol. The molecule has 0 saturated carbocycles. The normalized spacial score (nSPS) is 28.4. The summed E-state index contributed by atoms with van der Waals surface area (Å²) in [7, 11) is 1.47. The summed E-state index contributed by atoms with van der Waals surface area (Å²) in [5, 5.41) is 147. The Bertz CT molecular complexity index is 5650. The van der Waals surface area contributed by atoms with Crippen LogP contribution in [-0.4, -0.2) is 246 Å². The Morgan fingerprint density at radius 1 is 0.685 bits per heavy atom. The van der Waals surface area contributed by atoms with E-state index < -0.39 is 277 Å². The van der Waals surface area contributed by atoms with Crippen molar-refractivity contribution in [3.63, 3.8) is 0 Å². The van der Waals surface area contributed by atoms with Crippen molar-refractivity contribution in [2.24, 2.45) is 17.4 Å². The van der Waals surface area contributed by atoms with Crippen molar-refractivity contribution in [3.8, 4) is 68.4 Å². The fourth-order valence-corrected chi connectivity index (χ4v) is 18.6. The summed E-state index contributed by atoms with van der Waals surface area (Å²) in [6.07, 6.45) is -18.6. The number of carboxylic acids is 2. The highest BCUT2D eigenvalue weighted by atomic mass is 35.5. The fourth-order valence-electron chi connectivity index (χ4n) is 16.3. The Kier molecular flexibility index (Phi) is 28.3. The Balaban J connectivity index is 0.000000417. The van der Waals surface area contributed by atoms with E-state index in [1.54, 1.807) is 45.0 Å². The van der Waals surface area contributed by atoms with Crippen LogP contribution in [-0.2, 0) is 62.2 Å². The van der Waals surface area contributed by atoms with Gasteiger partial charge in [-0.15, -0.1) is 11.8 Å². The van der Waals surface area contributed by atoms with Crippen molar-refractivity contribution in [2.45, 2.75) is 199 Å². The van der Waals surface area contributed by atoms with Crippen LogP contribution in [0, 0.1) is 12.8 Å².